The molecule has 2 aromatic rings. The fourth-order valence-electron chi connectivity index (χ4n) is 3.80. The molecule has 2 unspecified atom stereocenters. The molecule has 2 atom stereocenters. The molecular formula is C21H24O5. The Morgan fingerprint density at radius 1 is 0.923 bits per heavy atom. The van der Waals surface area contributed by atoms with E-state index in [0.29, 0.717) is 0 Å². The highest BCUT2D eigenvalue weighted by Gasteiger charge is 2.42. The average Bonchev–Trinajstić information content (AvgIpc) is 2.58. The molecule has 1 aliphatic heterocycles. The highest BCUT2D eigenvalue weighted by Crippen LogP contribution is 2.44. The molecule has 0 radical (unpaired) electrons. The maximum Gasteiger partial charge on any atom is 0.203 e. The van der Waals surface area contributed by atoms with Gasteiger partial charge in [0.05, 0.1) is 0 Å². The predicted molar refractivity (Wildman–Crippen MR) is 98.4 cm³/mol. The number of ether oxygens (including phenoxy) is 2. The van der Waals surface area contributed by atoms with Gasteiger partial charge in [0.1, 0.15) is 22.8 Å². The first-order valence-electron chi connectivity index (χ1n) is 8.55. The summed E-state index contributed by atoms with van der Waals surface area (Å²) in [5.74, 6) is -0.657. The summed E-state index contributed by atoms with van der Waals surface area (Å²) in [7, 11) is 1.46. The molecule has 3 rings (SSSR count). The molecule has 0 saturated heterocycles. The minimum atomic E-state index is -0.878. The molecule has 26 heavy (non-hydrogen) atoms. The summed E-state index contributed by atoms with van der Waals surface area (Å²) in [6.07, 6.45) is -1.53. The zero-order valence-corrected chi connectivity index (χ0v) is 15.9. The first-order chi connectivity index (χ1) is 12.2. The number of phenols is 2. The molecule has 0 amide bonds. The van der Waals surface area contributed by atoms with Crippen LogP contribution in [0.5, 0.6) is 17.2 Å². The largest absolute Gasteiger partial charge is 0.508 e. The van der Waals surface area contributed by atoms with E-state index in [1.54, 1.807) is 0 Å². The lowest BCUT2D eigenvalue weighted by Gasteiger charge is -2.35. The van der Waals surface area contributed by atoms with Gasteiger partial charge in [-0.25, -0.2) is 0 Å². The molecule has 0 aromatic heterocycles. The molecule has 5 heteroatoms. The lowest BCUT2D eigenvalue weighted by molar-refractivity contribution is -0.00152. The van der Waals surface area contributed by atoms with E-state index >= 15 is 0 Å². The third kappa shape index (κ3) is 2.54. The van der Waals surface area contributed by atoms with Crippen molar-refractivity contribution < 1.29 is 24.5 Å². The van der Waals surface area contributed by atoms with Crippen molar-refractivity contribution in [2.75, 3.05) is 7.11 Å². The van der Waals surface area contributed by atoms with Gasteiger partial charge in [0.25, 0.3) is 0 Å². The van der Waals surface area contributed by atoms with Crippen LogP contribution in [0, 0.1) is 34.6 Å². The summed E-state index contributed by atoms with van der Waals surface area (Å²) in [5, 5.41) is 19.9. The highest BCUT2D eigenvalue weighted by atomic mass is 16.5. The smallest absolute Gasteiger partial charge is 0.203 e. The van der Waals surface area contributed by atoms with Crippen LogP contribution in [0.3, 0.4) is 0 Å². The first kappa shape index (κ1) is 18.3. The molecule has 2 N–H and O–H groups in total. The molecule has 5 nitrogen and oxygen atoms in total. The van der Waals surface area contributed by atoms with Crippen molar-refractivity contribution in [1.29, 1.82) is 0 Å². The van der Waals surface area contributed by atoms with Gasteiger partial charge in [-0.05, 0) is 62.4 Å². The quantitative estimate of drug-likeness (QED) is 0.851. The van der Waals surface area contributed by atoms with Gasteiger partial charge in [-0.2, -0.15) is 0 Å². The number of hydrogen-bond acceptors (Lipinski definition) is 5. The summed E-state index contributed by atoms with van der Waals surface area (Å²) < 4.78 is 11.6. The molecule has 1 aliphatic rings. The van der Waals surface area contributed by atoms with Crippen molar-refractivity contribution in [2.45, 2.75) is 46.8 Å². The van der Waals surface area contributed by atoms with Crippen LogP contribution in [0.15, 0.2) is 12.1 Å². The van der Waals surface area contributed by atoms with Gasteiger partial charge < -0.3 is 19.7 Å². The van der Waals surface area contributed by atoms with Crippen molar-refractivity contribution in [3.63, 3.8) is 0 Å². The van der Waals surface area contributed by atoms with Crippen LogP contribution in [-0.2, 0) is 4.74 Å². The number of methoxy groups -OCH3 is 1. The Morgan fingerprint density at radius 2 is 1.46 bits per heavy atom. The van der Waals surface area contributed by atoms with Gasteiger partial charge in [0.15, 0.2) is 12.2 Å². The Morgan fingerprint density at radius 3 is 2.00 bits per heavy atom. The fourth-order valence-corrected chi connectivity index (χ4v) is 3.80. The number of carbonyl (C=O) groups is 1. The standard InChI is InChI=1S/C21H24O5/c1-9-10(2)12(4)17(13(5)11(9)3)20-21(25-6)19(24)18-15(23)7-14(22)8-16(18)26-20/h7-8,20-23H,1-6H3. The lowest BCUT2D eigenvalue weighted by Crippen LogP contribution is -2.38. The molecule has 0 spiro atoms. The minimum absolute atomic E-state index is 0.0433. The number of fused-ring (bicyclic) bond motifs is 1. The second-order valence-electron chi connectivity index (χ2n) is 6.94. The number of hydrogen-bond donors (Lipinski definition) is 2. The molecular weight excluding hydrogens is 332 g/mol. The summed E-state index contributed by atoms with van der Waals surface area (Å²) >= 11 is 0. The number of carbonyl (C=O) groups excluding carboxylic acids is 1. The Hall–Kier alpha value is -2.53. The predicted octanol–water partition coefficient (Wildman–Crippen LogP) is 3.97. The SMILES string of the molecule is COC1C(=O)c2c(O)cc(O)cc2OC1c1c(C)c(C)c(C)c(C)c1C. The van der Waals surface area contributed by atoms with E-state index < -0.39 is 12.2 Å². The van der Waals surface area contributed by atoms with Gasteiger partial charge in [-0.15, -0.1) is 0 Å². The van der Waals surface area contributed by atoms with Crippen LogP contribution in [0.1, 0.15) is 49.8 Å². The van der Waals surface area contributed by atoms with Crippen molar-refractivity contribution in [2.24, 2.45) is 0 Å². The van der Waals surface area contributed by atoms with Crippen LogP contribution in [-0.4, -0.2) is 29.2 Å². The number of phenolic OH excluding ortho intramolecular Hbond substituents is 2. The van der Waals surface area contributed by atoms with E-state index in [9.17, 15) is 15.0 Å². The number of rotatable bonds is 2. The third-order valence-electron chi connectivity index (χ3n) is 5.70. The molecule has 138 valence electrons. The monoisotopic (exact) mass is 356 g/mol. The van der Waals surface area contributed by atoms with E-state index in [2.05, 4.69) is 20.8 Å². The van der Waals surface area contributed by atoms with Crippen LogP contribution < -0.4 is 4.74 Å². The summed E-state index contributed by atoms with van der Waals surface area (Å²) in [6, 6.07) is 2.48. The zero-order valence-electron chi connectivity index (χ0n) is 15.9. The summed E-state index contributed by atoms with van der Waals surface area (Å²) in [6.45, 7) is 10.2. The molecule has 0 bridgehead atoms. The summed E-state index contributed by atoms with van der Waals surface area (Å²) in [5.41, 5.74) is 6.59. The van der Waals surface area contributed by atoms with E-state index in [1.807, 2.05) is 13.8 Å². The number of ketones is 1. The molecule has 0 fully saturated rings. The van der Waals surface area contributed by atoms with E-state index in [0.717, 1.165) is 33.9 Å². The van der Waals surface area contributed by atoms with E-state index in [-0.39, 0.29) is 28.6 Å². The van der Waals surface area contributed by atoms with Crippen LogP contribution in [0.25, 0.3) is 0 Å². The van der Waals surface area contributed by atoms with Crippen LogP contribution in [0.2, 0.25) is 0 Å². The van der Waals surface area contributed by atoms with Gasteiger partial charge in [0.2, 0.25) is 5.78 Å². The number of benzene rings is 2. The lowest BCUT2D eigenvalue weighted by atomic mass is 9.83. The normalized spacial score (nSPS) is 19.2. The van der Waals surface area contributed by atoms with Gasteiger partial charge in [0, 0.05) is 24.8 Å². The Labute approximate surface area is 153 Å². The van der Waals surface area contributed by atoms with Crippen molar-refractivity contribution >= 4 is 5.78 Å². The molecule has 0 saturated carbocycles. The fraction of sp³-hybridized carbons (Fsp3) is 0.381. The zero-order chi connectivity index (χ0) is 19.3. The van der Waals surface area contributed by atoms with Crippen molar-refractivity contribution in [1.82, 2.24) is 0 Å². The number of Topliss-reactive ketones (excluding diaryl/α,β-unsaturated/α-hetero) is 1. The van der Waals surface area contributed by atoms with Crippen LogP contribution in [0.4, 0.5) is 0 Å². The van der Waals surface area contributed by atoms with Gasteiger partial charge in [-0.3, -0.25) is 4.79 Å². The van der Waals surface area contributed by atoms with Crippen molar-refractivity contribution in [3.05, 3.63) is 51.1 Å². The average molecular weight is 356 g/mol. The molecule has 2 aromatic carbocycles. The third-order valence-corrected chi connectivity index (χ3v) is 5.70. The Kier molecular flexibility index (Phi) is 4.44. The minimum Gasteiger partial charge on any atom is -0.508 e. The molecule has 0 aliphatic carbocycles. The first-order valence-corrected chi connectivity index (χ1v) is 8.55. The highest BCUT2D eigenvalue weighted by molar-refractivity contribution is 6.05. The van der Waals surface area contributed by atoms with E-state index in [1.165, 1.54) is 18.7 Å². The Balaban J connectivity index is 2.25. The topological polar surface area (TPSA) is 76.0 Å². The molecule has 1 heterocycles. The number of aromatic hydroxyl groups is 2. The van der Waals surface area contributed by atoms with Crippen molar-refractivity contribution in [3.8, 4) is 17.2 Å². The maximum absolute atomic E-state index is 13.0. The van der Waals surface area contributed by atoms with Gasteiger partial charge >= 0.3 is 0 Å². The summed E-state index contributed by atoms with van der Waals surface area (Å²) in [4.78, 5) is 13.0. The second-order valence-corrected chi connectivity index (χ2v) is 6.94. The van der Waals surface area contributed by atoms with Crippen LogP contribution >= 0.6 is 0 Å². The maximum atomic E-state index is 13.0. The second kappa shape index (κ2) is 6.32. The Bertz CT molecular complexity index is 884. The van der Waals surface area contributed by atoms with E-state index in [4.69, 9.17) is 9.47 Å². The van der Waals surface area contributed by atoms with Gasteiger partial charge in [-0.1, -0.05) is 0 Å².